The topological polar surface area (TPSA) is 89.2 Å². The molecule has 7 nitrogen and oxygen atoms in total. The van der Waals surface area contributed by atoms with Crippen LogP contribution in [0.5, 0.6) is 0 Å². The van der Waals surface area contributed by atoms with Gasteiger partial charge in [-0.2, -0.15) is 11.8 Å². The number of nitro groups is 1. The fourth-order valence-corrected chi connectivity index (χ4v) is 2.41. The van der Waals surface area contributed by atoms with Gasteiger partial charge in [0.1, 0.15) is 5.69 Å². The number of carbonyl (C=O) groups excluding carboxylic acids is 1. The van der Waals surface area contributed by atoms with Crippen molar-refractivity contribution in [2.24, 2.45) is 0 Å². The lowest BCUT2D eigenvalue weighted by Crippen LogP contribution is -2.28. The van der Waals surface area contributed by atoms with Gasteiger partial charge in [-0.1, -0.05) is 6.07 Å². The van der Waals surface area contributed by atoms with E-state index in [-0.39, 0.29) is 11.7 Å². The van der Waals surface area contributed by atoms with Crippen LogP contribution in [0.2, 0.25) is 0 Å². The molecule has 2 aromatic heterocycles. The van der Waals surface area contributed by atoms with E-state index in [4.69, 9.17) is 0 Å². The lowest BCUT2D eigenvalue weighted by molar-refractivity contribution is -0.389. The van der Waals surface area contributed by atoms with Crippen molar-refractivity contribution in [1.29, 1.82) is 0 Å². The first-order valence-electron chi connectivity index (χ1n) is 6.36. The van der Waals surface area contributed by atoms with Crippen molar-refractivity contribution in [3.8, 4) is 0 Å². The van der Waals surface area contributed by atoms with Crippen LogP contribution in [0.1, 0.15) is 16.1 Å². The largest absolute Gasteiger partial charge is 0.363 e. The molecule has 114 valence electrons. The molecule has 2 aromatic rings. The van der Waals surface area contributed by atoms with Gasteiger partial charge in [0.2, 0.25) is 0 Å². The number of hydrogen-bond donors (Lipinski definition) is 0. The second kappa shape index (κ2) is 6.99. The first kappa shape index (κ1) is 15.9. The molecule has 2 rings (SSSR count). The fraction of sp³-hybridized carbons (Fsp3) is 0.214. The van der Waals surface area contributed by atoms with Gasteiger partial charge in [0.05, 0.1) is 5.69 Å². The highest BCUT2D eigenvalue weighted by Gasteiger charge is 2.20. The summed E-state index contributed by atoms with van der Waals surface area (Å²) in [7, 11) is 1.59. The molecule has 8 heteroatoms. The van der Waals surface area contributed by atoms with E-state index in [1.807, 2.05) is 12.3 Å². The van der Waals surface area contributed by atoms with Crippen molar-refractivity contribution in [2.45, 2.75) is 5.75 Å². The van der Waals surface area contributed by atoms with Gasteiger partial charge >= 0.3 is 5.82 Å². The highest BCUT2D eigenvalue weighted by atomic mass is 32.2. The molecule has 0 saturated heterocycles. The molecule has 0 saturated carbocycles. The minimum Gasteiger partial charge on any atom is -0.358 e. The summed E-state index contributed by atoms with van der Waals surface area (Å²) in [5, 5.41) is 10.6. The van der Waals surface area contributed by atoms with Crippen LogP contribution in [0.3, 0.4) is 0 Å². The Morgan fingerprint density at radius 1 is 1.36 bits per heavy atom. The molecule has 0 bridgehead atoms. The highest BCUT2D eigenvalue weighted by Crippen LogP contribution is 2.19. The molecule has 0 fully saturated rings. The molecule has 1 amide bonds. The Balaban J connectivity index is 2.27. The Bertz CT molecular complexity index is 691. The summed E-state index contributed by atoms with van der Waals surface area (Å²) in [6.07, 6.45) is 4.82. The van der Waals surface area contributed by atoms with Crippen LogP contribution in [0.15, 0.2) is 36.7 Å². The number of pyridine rings is 2. The standard InChI is InChI=1S/C14H14N4O3S/c1-17(11-5-6-12(16-8-11)18(20)21)14(19)13-10(9-22-2)4-3-7-15-13/h3-8H,9H2,1-2H3. The summed E-state index contributed by atoms with van der Waals surface area (Å²) < 4.78 is 0. The fourth-order valence-electron chi connectivity index (χ4n) is 1.86. The zero-order valence-corrected chi connectivity index (χ0v) is 12.9. The Kier molecular flexibility index (Phi) is 5.05. The van der Waals surface area contributed by atoms with Crippen molar-refractivity contribution in [3.05, 3.63) is 58.0 Å². The second-order valence-electron chi connectivity index (χ2n) is 4.44. The average molecular weight is 318 g/mol. The van der Waals surface area contributed by atoms with Gasteiger partial charge < -0.3 is 15.0 Å². The van der Waals surface area contributed by atoms with Crippen LogP contribution < -0.4 is 4.90 Å². The van der Waals surface area contributed by atoms with E-state index in [1.165, 1.54) is 23.2 Å². The number of aromatic nitrogens is 2. The Morgan fingerprint density at radius 2 is 2.14 bits per heavy atom. The van der Waals surface area contributed by atoms with Crippen LogP contribution >= 0.6 is 11.8 Å². The van der Waals surface area contributed by atoms with Crippen molar-refractivity contribution in [1.82, 2.24) is 9.97 Å². The van der Waals surface area contributed by atoms with Crippen molar-refractivity contribution in [3.63, 3.8) is 0 Å². The van der Waals surface area contributed by atoms with E-state index >= 15 is 0 Å². The van der Waals surface area contributed by atoms with Crippen LogP contribution in [0.25, 0.3) is 0 Å². The third-order valence-electron chi connectivity index (χ3n) is 3.00. The zero-order valence-electron chi connectivity index (χ0n) is 12.1. The first-order valence-corrected chi connectivity index (χ1v) is 7.75. The second-order valence-corrected chi connectivity index (χ2v) is 5.31. The molecule has 0 aliphatic rings. The number of anilines is 1. The average Bonchev–Trinajstić information content (AvgIpc) is 2.54. The Morgan fingerprint density at radius 3 is 2.73 bits per heavy atom. The van der Waals surface area contributed by atoms with Crippen molar-refractivity contribution >= 4 is 29.2 Å². The maximum Gasteiger partial charge on any atom is 0.363 e. The summed E-state index contributed by atoms with van der Waals surface area (Å²) in [4.78, 5) is 31.8. The maximum atomic E-state index is 12.6. The predicted molar refractivity (Wildman–Crippen MR) is 85.1 cm³/mol. The maximum absolute atomic E-state index is 12.6. The van der Waals surface area contributed by atoms with Crippen LogP contribution in [-0.4, -0.2) is 34.1 Å². The zero-order chi connectivity index (χ0) is 16.1. The lowest BCUT2D eigenvalue weighted by atomic mass is 10.2. The molecule has 0 unspecified atom stereocenters. The summed E-state index contributed by atoms with van der Waals surface area (Å²) >= 11 is 1.60. The highest BCUT2D eigenvalue weighted by molar-refractivity contribution is 7.97. The normalized spacial score (nSPS) is 10.3. The molecule has 0 aliphatic carbocycles. The van der Waals surface area contributed by atoms with Crippen LogP contribution in [0, 0.1) is 10.1 Å². The Hall–Kier alpha value is -2.48. The summed E-state index contributed by atoms with van der Waals surface area (Å²) in [5.74, 6) is 0.146. The minimum atomic E-state index is -0.582. The third-order valence-corrected chi connectivity index (χ3v) is 3.60. The monoisotopic (exact) mass is 318 g/mol. The van der Waals surface area contributed by atoms with Gasteiger partial charge in [-0.3, -0.25) is 9.78 Å². The lowest BCUT2D eigenvalue weighted by Gasteiger charge is -2.17. The number of rotatable bonds is 5. The SMILES string of the molecule is CSCc1cccnc1C(=O)N(C)c1ccc([N+](=O)[O-])nc1. The van der Waals surface area contributed by atoms with Gasteiger partial charge in [-0.25, -0.2) is 0 Å². The van der Waals surface area contributed by atoms with Crippen molar-refractivity contribution < 1.29 is 9.72 Å². The van der Waals surface area contributed by atoms with Gasteiger partial charge in [0.15, 0.2) is 6.20 Å². The number of carbonyl (C=O) groups is 1. The number of amides is 1. The quantitative estimate of drug-likeness (QED) is 0.621. The smallest absolute Gasteiger partial charge is 0.358 e. The molecule has 2 heterocycles. The number of hydrogen-bond acceptors (Lipinski definition) is 6. The molecule has 0 aliphatic heterocycles. The van der Waals surface area contributed by atoms with E-state index in [9.17, 15) is 14.9 Å². The molecular formula is C14H14N4O3S. The summed E-state index contributed by atoms with van der Waals surface area (Å²) in [5.41, 5.74) is 1.69. The van der Waals surface area contributed by atoms with E-state index in [0.717, 1.165) is 5.56 Å². The van der Waals surface area contributed by atoms with E-state index in [2.05, 4.69) is 9.97 Å². The van der Waals surface area contributed by atoms with Crippen LogP contribution in [0.4, 0.5) is 11.5 Å². The first-order chi connectivity index (χ1) is 10.5. The Labute approximate surface area is 131 Å². The van der Waals surface area contributed by atoms with Gasteiger partial charge in [-0.05, 0) is 33.9 Å². The third kappa shape index (κ3) is 3.40. The van der Waals surface area contributed by atoms with E-state index < -0.39 is 4.92 Å². The van der Waals surface area contributed by atoms with Gasteiger partial charge in [0, 0.05) is 25.1 Å². The predicted octanol–water partition coefficient (Wildman–Crippen LogP) is 2.52. The molecule has 0 N–H and O–H groups in total. The van der Waals surface area contributed by atoms with Gasteiger partial charge in [0.25, 0.3) is 5.91 Å². The molecule has 0 aromatic carbocycles. The summed E-state index contributed by atoms with van der Waals surface area (Å²) in [6, 6.07) is 6.40. The van der Waals surface area contributed by atoms with E-state index in [1.54, 1.807) is 31.1 Å². The molecule has 0 spiro atoms. The molecule has 22 heavy (non-hydrogen) atoms. The molecule has 0 atom stereocenters. The minimum absolute atomic E-state index is 0.259. The van der Waals surface area contributed by atoms with Crippen molar-refractivity contribution in [2.75, 3.05) is 18.2 Å². The summed E-state index contributed by atoms with van der Waals surface area (Å²) in [6.45, 7) is 0. The molecule has 0 radical (unpaired) electrons. The number of thioether (sulfide) groups is 1. The van der Waals surface area contributed by atoms with Gasteiger partial charge in [-0.15, -0.1) is 0 Å². The van der Waals surface area contributed by atoms with E-state index in [0.29, 0.717) is 17.1 Å². The number of nitrogens with zero attached hydrogens (tertiary/aromatic N) is 4. The van der Waals surface area contributed by atoms with Crippen LogP contribution in [-0.2, 0) is 5.75 Å². The molecular weight excluding hydrogens is 304 g/mol.